The summed E-state index contributed by atoms with van der Waals surface area (Å²) in [4.78, 5) is 0. The maximum Gasteiger partial charge on any atom is 0.118 e. The van der Waals surface area contributed by atoms with Crippen LogP contribution in [0.5, 0.6) is 0 Å². The molecule has 0 aliphatic carbocycles. The van der Waals surface area contributed by atoms with Crippen LogP contribution in [0.3, 0.4) is 0 Å². The molecule has 1 aromatic rings. The monoisotopic (exact) mass is 190 g/mol. The summed E-state index contributed by atoms with van der Waals surface area (Å²) in [5.74, 6) is 0. The second kappa shape index (κ2) is 4.67. The molecule has 11 heavy (non-hydrogen) atoms. The van der Waals surface area contributed by atoms with E-state index in [4.69, 9.17) is 11.6 Å². The molecule has 0 radical (unpaired) electrons. The zero-order chi connectivity index (χ0) is 8.10. The Morgan fingerprint density at radius 3 is 3.09 bits per heavy atom. The van der Waals surface area contributed by atoms with E-state index in [1.165, 1.54) is 0 Å². The zero-order valence-corrected chi connectivity index (χ0v) is 8.03. The molecule has 2 nitrogen and oxygen atoms in total. The molecule has 1 atom stereocenters. The number of halogens is 1. The minimum atomic E-state index is 0.230. The molecule has 0 fully saturated rings. The summed E-state index contributed by atoms with van der Waals surface area (Å²) < 4.78 is 0. The summed E-state index contributed by atoms with van der Waals surface area (Å²) in [5, 5.41) is 8.94. The third-order valence-corrected chi connectivity index (χ3v) is 2.50. The molecule has 0 bridgehead atoms. The van der Waals surface area contributed by atoms with Crippen LogP contribution in [0.25, 0.3) is 0 Å². The van der Waals surface area contributed by atoms with Gasteiger partial charge in [-0.25, -0.2) is 0 Å². The number of hydrogen-bond donors (Lipinski definition) is 0. The molecule has 0 spiro atoms. The second-order valence-electron chi connectivity index (χ2n) is 2.42. The minimum Gasteiger partial charge on any atom is -0.147 e. The molecule has 0 aliphatic rings. The average Bonchev–Trinajstić information content (AvgIpc) is 2.40. The van der Waals surface area contributed by atoms with Gasteiger partial charge in [-0.1, -0.05) is 13.3 Å². The largest absolute Gasteiger partial charge is 0.147 e. The van der Waals surface area contributed by atoms with Gasteiger partial charge in [-0.2, -0.15) is 0 Å². The Hall–Kier alpha value is -0.150. The topological polar surface area (TPSA) is 25.8 Å². The van der Waals surface area contributed by atoms with Crippen molar-refractivity contribution >= 4 is 22.9 Å². The van der Waals surface area contributed by atoms with Crippen molar-refractivity contribution in [3.8, 4) is 0 Å². The first kappa shape index (κ1) is 8.94. The predicted octanol–water partition coefficient (Wildman–Crippen LogP) is 2.49. The minimum absolute atomic E-state index is 0.230. The molecule has 0 aromatic carbocycles. The molecular weight excluding hydrogens is 180 g/mol. The molecule has 1 heterocycles. The van der Waals surface area contributed by atoms with Gasteiger partial charge in [0.05, 0.1) is 0 Å². The van der Waals surface area contributed by atoms with E-state index in [0.717, 1.165) is 24.3 Å². The molecule has 0 aliphatic heterocycles. The van der Waals surface area contributed by atoms with Crippen molar-refractivity contribution < 1.29 is 0 Å². The average molecular weight is 191 g/mol. The van der Waals surface area contributed by atoms with Crippen molar-refractivity contribution in [1.82, 2.24) is 10.2 Å². The molecule has 1 rings (SSSR count). The van der Waals surface area contributed by atoms with Crippen molar-refractivity contribution in [3.05, 3.63) is 10.5 Å². The van der Waals surface area contributed by atoms with E-state index in [1.807, 2.05) is 0 Å². The normalized spacial score (nSPS) is 13.3. The van der Waals surface area contributed by atoms with Gasteiger partial charge < -0.3 is 0 Å². The van der Waals surface area contributed by atoms with Crippen molar-refractivity contribution in [2.24, 2.45) is 0 Å². The van der Waals surface area contributed by atoms with Crippen LogP contribution in [0, 0.1) is 0 Å². The van der Waals surface area contributed by atoms with Gasteiger partial charge in [-0.3, -0.25) is 0 Å². The van der Waals surface area contributed by atoms with Crippen LogP contribution in [-0.4, -0.2) is 15.6 Å². The first-order chi connectivity index (χ1) is 5.33. The van der Waals surface area contributed by atoms with Gasteiger partial charge in [0.2, 0.25) is 0 Å². The number of nitrogens with zero attached hydrogens (tertiary/aromatic N) is 2. The number of aromatic nitrogens is 2. The van der Waals surface area contributed by atoms with E-state index in [0.29, 0.717) is 0 Å². The Kier molecular flexibility index (Phi) is 3.80. The van der Waals surface area contributed by atoms with E-state index in [-0.39, 0.29) is 5.38 Å². The maximum absolute atomic E-state index is 6.01. The Bertz CT molecular complexity index is 188. The highest BCUT2D eigenvalue weighted by Crippen LogP contribution is 2.13. The lowest BCUT2D eigenvalue weighted by atomic mass is 10.2. The van der Waals surface area contributed by atoms with Crippen LogP contribution < -0.4 is 0 Å². The van der Waals surface area contributed by atoms with Crippen LogP contribution in [0.15, 0.2) is 5.51 Å². The first-order valence-electron chi connectivity index (χ1n) is 3.72. The Morgan fingerprint density at radius 2 is 2.55 bits per heavy atom. The second-order valence-corrected chi connectivity index (χ2v) is 3.96. The van der Waals surface area contributed by atoms with Crippen molar-refractivity contribution in [2.75, 3.05) is 0 Å². The fourth-order valence-electron chi connectivity index (χ4n) is 0.890. The molecule has 0 saturated carbocycles. The van der Waals surface area contributed by atoms with Gasteiger partial charge in [0.25, 0.3) is 0 Å². The van der Waals surface area contributed by atoms with Gasteiger partial charge in [0.1, 0.15) is 10.5 Å². The highest BCUT2D eigenvalue weighted by molar-refractivity contribution is 7.09. The summed E-state index contributed by atoms with van der Waals surface area (Å²) in [6.07, 6.45) is 3.05. The van der Waals surface area contributed by atoms with Crippen LogP contribution in [0.4, 0.5) is 0 Å². The molecule has 62 valence electrons. The van der Waals surface area contributed by atoms with Gasteiger partial charge in [0.15, 0.2) is 0 Å². The van der Waals surface area contributed by atoms with Crippen LogP contribution in [-0.2, 0) is 6.42 Å². The summed E-state index contributed by atoms with van der Waals surface area (Å²) in [7, 11) is 0. The first-order valence-corrected chi connectivity index (χ1v) is 5.03. The molecular formula is C7H11ClN2S. The van der Waals surface area contributed by atoms with Crippen LogP contribution >= 0.6 is 22.9 Å². The molecule has 4 heteroatoms. The summed E-state index contributed by atoms with van der Waals surface area (Å²) in [5.41, 5.74) is 1.74. The quantitative estimate of drug-likeness (QED) is 0.682. The van der Waals surface area contributed by atoms with E-state index in [1.54, 1.807) is 16.8 Å². The predicted molar refractivity (Wildman–Crippen MR) is 48.2 cm³/mol. The third-order valence-electron chi connectivity index (χ3n) is 1.40. The fourth-order valence-corrected chi connectivity index (χ4v) is 1.95. The maximum atomic E-state index is 6.01. The molecule has 0 saturated heterocycles. The Balaban J connectivity index is 2.31. The highest BCUT2D eigenvalue weighted by Gasteiger charge is 2.06. The van der Waals surface area contributed by atoms with E-state index >= 15 is 0 Å². The van der Waals surface area contributed by atoms with Gasteiger partial charge in [0, 0.05) is 11.8 Å². The van der Waals surface area contributed by atoms with Crippen molar-refractivity contribution in [3.63, 3.8) is 0 Å². The molecule has 0 amide bonds. The van der Waals surface area contributed by atoms with Crippen LogP contribution in [0.2, 0.25) is 0 Å². The van der Waals surface area contributed by atoms with E-state index < -0.39 is 0 Å². The number of alkyl halides is 1. The summed E-state index contributed by atoms with van der Waals surface area (Å²) in [6, 6.07) is 0. The fraction of sp³-hybridized carbons (Fsp3) is 0.714. The molecule has 1 unspecified atom stereocenters. The number of hydrogen-bond acceptors (Lipinski definition) is 3. The Labute approximate surface area is 75.6 Å². The smallest absolute Gasteiger partial charge is 0.118 e. The standard InChI is InChI=1S/C7H11ClN2S/c1-2-3-6(8)4-7-10-9-5-11-7/h5-6H,2-4H2,1H3. The summed E-state index contributed by atoms with van der Waals surface area (Å²) >= 11 is 7.58. The van der Waals surface area contributed by atoms with E-state index in [9.17, 15) is 0 Å². The summed E-state index contributed by atoms with van der Waals surface area (Å²) in [6.45, 7) is 2.13. The van der Waals surface area contributed by atoms with Gasteiger partial charge >= 0.3 is 0 Å². The highest BCUT2D eigenvalue weighted by atomic mass is 35.5. The van der Waals surface area contributed by atoms with Crippen molar-refractivity contribution in [2.45, 2.75) is 31.6 Å². The molecule has 0 N–H and O–H groups in total. The third kappa shape index (κ3) is 3.16. The van der Waals surface area contributed by atoms with Crippen LogP contribution in [0.1, 0.15) is 24.8 Å². The van der Waals surface area contributed by atoms with E-state index in [2.05, 4.69) is 17.1 Å². The lowest BCUT2D eigenvalue weighted by Gasteiger charge is -2.02. The Morgan fingerprint density at radius 1 is 1.73 bits per heavy atom. The molecule has 1 aromatic heterocycles. The lowest BCUT2D eigenvalue weighted by molar-refractivity contribution is 0.719. The SMILES string of the molecule is CCCC(Cl)Cc1nncs1. The zero-order valence-electron chi connectivity index (χ0n) is 6.46. The van der Waals surface area contributed by atoms with Crippen molar-refractivity contribution in [1.29, 1.82) is 0 Å². The number of rotatable bonds is 4. The lowest BCUT2D eigenvalue weighted by Crippen LogP contribution is -2.01. The van der Waals surface area contributed by atoms with Gasteiger partial charge in [-0.05, 0) is 6.42 Å². The van der Waals surface area contributed by atoms with Gasteiger partial charge in [-0.15, -0.1) is 33.1 Å².